The molecule has 1 unspecified atom stereocenters. The van der Waals surface area contributed by atoms with Crippen molar-refractivity contribution in [3.05, 3.63) is 59.7 Å². The van der Waals surface area contributed by atoms with Crippen LogP contribution in [-0.2, 0) is 0 Å². The van der Waals surface area contributed by atoms with Crippen molar-refractivity contribution in [3.63, 3.8) is 0 Å². The lowest BCUT2D eigenvalue weighted by Crippen LogP contribution is -2.37. The molecule has 0 aromatic heterocycles. The number of aliphatic hydroxyl groups excluding tert-OH is 1. The van der Waals surface area contributed by atoms with E-state index in [0.717, 1.165) is 22.4 Å². The Morgan fingerprint density at radius 1 is 1.19 bits per heavy atom. The fourth-order valence-corrected chi connectivity index (χ4v) is 3.61. The maximum atomic E-state index is 10.7. The number of β-amino-alcohol motifs (C(OH)–C–C–N with tert-alkyl or cyclic N) is 1. The number of aliphatic hydroxyl groups is 1. The molecule has 2 aromatic carbocycles. The van der Waals surface area contributed by atoms with E-state index in [4.69, 9.17) is 18.9 Å². The van der Waals surface area contributed by atoms with E-state index in [0.29, 0.717) is 37.0 Å². The third-order valence-electron chi connectivity index (χ3n) is 4.82. The van der Waals surface area contributed by atoms with Crippen LogP contribution in [0.2, 0.25) is 0 Å². The Labute approximate surface area is 158 Å². The predicted octanol–water partition coefficient (Wildman–Crippen LogP) is 3.05. The SMILES string of the molecule is C=CCOc1c(C)c2c(c3c1[C@@H](O)CNC3COc1ccccc1)OCO2. The standard InChI is InChI=1S/C21H23NO5/c1-3-9-24-19-13(2)20-21(27-12-26-20)17-15(22-10-16(23)18(17)19)11-25-14-7-5-4-6-8-14/h3-8,15-16,22-23H,1,9-12H2,2H3/t15?,16-/m0/s1. The summed E-state index contributed by atoms with van der Waals surface area (Å²) in [5.74, 6) is 2.73. The largest absolute Gasteiger partial charge is 0.492 e. The third kappa shape index (κ3) is 3.22. The van der Waals surface area contributed by atoms with Gasteiger partial charge in [-0.2, -0.15) is 0 Å². The highest BCUT2D eigenvalue weighted by Crippen LogP contribution is 2.51. The van der Waals surface area contributed by atoms with Gasteiger partial charge in [0.25, 0.3) is 0 Å². The van der Waals surface area contributed by atoms with Crippen molar-refractivity contribution in [1.82, 2.24) is 5.32 Å². The molecule has 0 spiro atoms. The summed E-state index contributed by atoms with van der Waals surface area (Å²) in [6.07, 6.45) is 0.973. The lowest BCUT2D eigenvalue weighted by atomic mass is 9.88. The van der Waals surface area contributed by atoms with E-state index in [-0.39, 0.29) is 12.8 Å². The highest BCUT2D eigenvalue weighted by Gasteiger charge is 2.38. The summed E-state index contributed by atoms with van der Waals surface area (Å²) in [5.41, 5.74) is 2.40. The zero-order valence-corrected chi connectivity index (χ0v) is 15.2. The molecular formula is C21H23NO5. The summed E-state index contributed by atoms with van der Waals surface area (Å²) >= 11 is 0. The highest BCUT2D eigenvalue weighted by atomic mass is 16.7. The van der Waals surface area contributed by atoms with Gasteiger partial charge >= 0.3 is 0 Å². The van der Waals surface area contributed by atoms with Gasteiger partial charge in [-0.05, 0) is 19.1 Å². The smallest absolute Gasteiger partial charge is 0.231 e. The topological polar surface area (TPSA) is 69.2 Å². The Morgan fingerprint density at radius 3 is 2.74 bits per heavy atom. The lowest BCUT2D eigenvalue weighted by Gasteiger charge is -2.33. The van der Waals surface area contributed by atoms with Crippen LogP contribution in [0.5, 0.6) is 23.0 Å². The van der Waals surface area contributed by atoms with Gasteiger partial charge in [-0.3, -0.25) is 0 Å². The minimum atomic E-state index is -0.707. The van der Waals surface area contributed by atoms with Crippen molar-refractivity contribution in [2.45, 2.75) is 19.1 Å². The van der Waals surface area contributed by atoms with Gasteiger partial charge in [0, 0.05) is 23.2 Å². The Morgan fingerprint density at radius 2 is 1.96 bits per heavy atom. The normalized spacial score (nSPS) is 20.1. The van der Waals surface area contributed by atoms with Crippen LogP contribution < -0.4 is 24.3 Å². The molecule has 2 aromatic rings. The monoisotopic (exact) mass is 369 g/mol. The Balaban J connectivity index is 1.74. The first-order valence-corrected chi connectivity index (χ1v) is 8.99. The van der Waals surface area contributed by atoms with Crippen LogP contribution in [0.15, 0.2) is 43.0 Å². The first-order chi connectivity index (χ1) is 13.2. The van der Waals surface area contributed by atoms with Crippen molar-refractivity contribution in [2.75, 3.05) is 26.6 Å². The van der Waals surface area contributed by atoms with Crippen LogP contribution in [0.1, 0.15) is 28.8 Å². The second-order valence-electron chi connectivity index (χ2n) is 6.55. The summed E-state index contributed by atoms with van der Waals surface area (Å²) in [4.78, 5) is 0. The van der Waals surface area contributed by atoms with E-state index in [1.807, 2.05) is 37.3 Å². The molecule has 2 atom stereocenters. The number of hydrogen-bond acceptors (Lipinski definition) is 6. The average molecular weight is 369 g/mol. The van der Waals surface area contributed by atoms with E-state index in [1.165, 1.54) is 0 Å². The average Bonchev–Trinajstić information content (AvgIpc) is 3.18. The number of nitrogens with one attached hydrogen (secondary N) is 1. The number of hydrogen-bond donors (Lipinski definition) is 2. The van der Waals surface area contributed by atoms with E-state index in [2.05, 4.69) is 11.9 Å². The third-order valence-corrected chi connectivity index (χ3v) is 4.82. The molecule has 0 fully saturated rings. The van der Waals surface area contributed by atoms with E-state index < -0.39 is 6.10 Å². The van der Waals surface area contributed by atoms with Crippen molar-refractivity contribution < 1.29 is 24.1 Å². The van der Waals surface area contributed by atoms with Gasteiger partial charge in [0.15, 0.2) is 11.5 Å². The number of benzene rings is 2. The quantitative estimate of drug-likeness (QED) is 0.763. The van der Waals surface area contributed by atoms with Crippen molar-refractivity contribution in [3.8, 4) is 23.0 Å². The fraction of sp³-hybridized carbons (Fsp3) is 0.333. The van der Waals surface area contributed by atoms with Crippen LogP contribution in [0.25, 0.3) is 0 Å². The van der Waals surface area contributed by atoms with E-state index in [1.54, 1.807) is 6.08 Å². The molecule has 2 aliphatic rings. The molecule has 142 valence electrons. The summed E-state index contributed by atoms with van der Waals surface area (Å²) in [6.45, 7) is 6.91. The highest BCUT2D eigenvalue weighted by molar-refractivity contribution is 5.66. The van der Waals surface area contributed by atoms with Gasteiger partial charge in [-0.15, -0.1) is 0 Å². The fourth-order valence-electron chi connectivity index (χ4n) is 3.61. The van der Waals surface area contributed by atoms with Crippen LogP contribution in [0.3, 0.4) is 0 Å². The summed E-state index contributed by atoms with van der Waals surface area (Å²) < 4.78 is 23.3. The molecule has 6 nitrogen and oxygen atoms in total. The second kappa shape index (κ2) is 7.50. The van der Waals surface area contributed by atoms with E-state index >= 15 is 0 Å². The minimum absolute atomic E-state index is 0.149. The molecule has 2 aliphatic heterocycles. The van der Waals surface area contributed by atoms with E-state index in [9.17, 15) is 5.11 Å². The zero-order chi connectivity index (χ0) is 18.8. The molecule has 2 heterocycles. The lowest BCUT2D eigenvalue weighted by molar-refractivity contribution is 0.137. The van der Waals surface area contributed by atoms with Crippen LogP contribution >= 0.6 is 0 Å². The maximum Gasteiger partial charge on any atom is 0.231 e. The molecule has 6 heteroatoms. The first kappa shape index (κ1) is 17.7. The van der Waals surface area contributed by atoms with Crippen molar-refractivity contribution in [1.29, 1.82) is 0 Å². The van der Waals surface area contributed by atoms with Crippen LogP contribution in [-0.4, -0.2) is 31.7 Å². The van der Waals surface area contributed by atoms with Gasteiger partial charge in [-0.1, -0.05) is 30.9 Å². The maximum absolute atomic E-state index is 10.7. The molecule has 2 N–H and O–H groups in total. The van der Waals surface area contributed by atoms with Crippen LogP contribution in [0.4, 0.5) is 0 Å². The number of fused-ring (bicyclic) bond motifs is 3. The number of rotatable bonds is 6. The molecule has 0 saturated carbocycles. The van der Waals surface area contributed by atoms with Gasteiger partial charge in [0.05, 0.1) is 12.1 Å². The molecule has 27 heavy (non-hydrogen) atoms. The second-order valence-corrected chi connectivity index (χ2v) is 6.55. The summed E-state index contributed by atoms with van der Waals surface area (Å²) in [5, 5.41) is 14.0. The Hall–Kier alpha value is -2.70. The minimum Gasteiger partial charge on any atom is -0.492 e. The molecule has 0 radical (unpaired) electrons. The number of ether oxygens (including phenoxy) is 4. The molecule has 0 bridgehead atoms. The van der Waals surface area contributed by atoms with Gasteiger partial charge < -0.3 is 29.4 Å². The van der Waals surface area contributed by atoms with Crippen molar-refractivity contribution in [2.24, 2.45) is 0 Å². The Kier molecular flexibility index (Phi) is 4.92. The van der Waals surface area contributed by atoms with Gasteiger partial charge in [-0.25, -0.2) is 0 Å². The summed E-state index contributed by atoms with van der Waals surface area (Å²) in [6, 6.07) is 9.47. The van der Waals surface area contributed by atoms with Crippen LogP contribution in [0, 0.1) is 6.92 Å². The predicted molar refractivity (Wildman–Crippen MR) is 101 cm³/mol. The molecule has 0 aliphatic carbocycles. The summed E-state index contributed by atoms with van der Waals surface area (Å²) in [7, 11) is 0. The number of para-hydroxylation sites is 1. The Bertz CT molecular complexity index is 836. The van der Waals surface area contributed by atoms with Crippen molar-refractivity contribution >= 4 is 0 Å². The molecule has 0 saturated heterocycles. The zero-order valence-electron chi connectivity index (χ0n) is 15.2. The molecule has 4 rings (SSSR count). The molecular weight excluding hydrogens is 346 g/mol. The van der Waals surface area contributed by atoms with Gasteiger partial charge in [0.2, 0.25) is 6.79 Å². The van der Waals surface area contributed by atoms with Gasteiger partial charge in [0.1, 0.15) is 24.7 Å². The molecule has 0 amide bonds. The first-order valence-electron chi connectivity index (χ1n) is 8.99.